The van der Waals surface area contributed by atoms with Gasteiger partial charge in [0.1, 0.15) is 6.33 Å². The van der Waals surface area contributed by atoms with Crippen molar-refractivity contribution >= 4 is 17.1 Å². The summed E-state index contributed by atoms with van der Waals surface area (Å²) in [5, 5.41) is 19.3. The molecule has 0 unspecified atom stereocenters. The molecule has 2 aromatic heterocycles. The summed E-state index contributed by atoms with van der Waals surface area (Å²) in [5.74, 6) is 0.214. The third-order valence-corrected chi connectivity index (χ3v) is 6.79. The number of hydrogen-bond acceptors (Lipinski definition) is 6. The van der Waals surface area contributed by atoms with Crippen LogP contribution < -0.4 is 5.56 Å². The normalized spacial score (nSPS) is 16.3. The van der Waals surface area contributed by atoms with Crippen molar-refractivity contribution < 1.29 is 9.90 Å². The van der Waals surface area contributed by atoms with E-state index in [0.29, 0.717) is 38.0 Å². The Hall–Kier alpha value is -3.85. The number of carbonyl (C=O) groups is 1. The molecule has 3 heterocycles. The van der Waals surface area contributed by atoms with Gasteiger partial charge in [0, 0.05) is 19.5 Å². The Balaban J connectivity index is 1.25. The molecule has 0 radical (unpaired) electrons. The molecule has 1 amide bonds. The van der Waals surface area contributed by atoms with Gasteiger partial charge in [-0.3, -0.25) is 14.2 Å². The van der Waals surface area contributed by atoms with Gasteiger partial charge in [0.25, 0.3) is 5.56 Å². The average Bonchev–Trinajstić information content (AvgIpc) is 3.32. The van der Waals surface area contributed by atoms with Crippen molar-refractivity contribution in [1.82, 2.24) is 29.4 Å². The first-order valence-electron chi connectivity index (χ1n) is 11.8. The molecule has 9 heteroatoms. The topological polar surface area (TPSA) is 106 Å². The molecule has 4 aromatic rings. The molecule has 180 valence electrons. The summed E-state index contributed by atoms with van der Waals surface area (Å²) in [6.45, 7) is 3.05. The van der Waals surface area contributed by atoms with E-state index >= 15 is 0 Å². The van der Waals surface area contributed by atoms with Crippen LogP contribution in [-0.4, -0.2) is 59.1 Å². The number of para-hydroxylation sites is 1. The lowest BCUT2D eigenvalue weighted by Crippen LogP contribution is -2.49. The van der Waals surface area contributed by atoms with Crippen molar-refractivity contribution in [1.29, 1.82) is 0 Å². The number of aliphatic hydroxyl groups is 1. The van der Waals surface area contributed by atoms with Crippen LogP contribution in [0.1, 0.15) is 37.7 Å². The molecule has 5 rings (SSSR count). The van der Waals surface area contributed by atoms with E-state index in [1.54, 1.807) is 0 Å². The highest BCUT2D eigenvalue weighted by Crippen LogP contribution is 2.26. The van der Waals surface area contributed by atoms with Gasteiger partial charge in [-0.15, -0.1) is 5.10 Å². The van der Waals surface area contributed by atoms with E-state index in [2.05, 4.69) is 22.2 Å². The van der Waals surface area contributed by atoms with Gasteiger partial charge in [-0.25, -0.2) is 4.98 Å². The predicted molar refractivity (Wildman–Crippen MR) is 131 cm³/mol. The first kappa shape index (κ1) is 22.9. The van der Waals surface area contributed by atoms with E-state index in [1.807, 2.05) is 65.6 Å². The lowest BCUT2D eigenvalue weighted by Gasteiger charge is -2.38. The molecule has 1 fully saturated rings. The largest absolute Gasteiger partial charge is 0.388 e. The Bertz CT molecular complexity index is 1370. The summed E-state index contributed by atoms with van der Waals surface area (Å²) >= 11 is 0. The number of piperidine rings is 1. The number of nitrogens with zero attached hydrogens (tertiary/aromatic N) is 6. The van der Waals surface area contributed by atoms with Crippen molar-refractivity contribution in [2.45, 2.75) is 44.2 Å². The van der Waals surface area contributed by atoms with Crippen LogP contribution in [0.15, 0.2) is 71.8 Å². The number of amides is 1. The fourth-order valence-electron chi connectivity index (χ4n) is 4.64. The fourth-order valence-corrected chi connectivity index (χ4v) is 4.64. The van der Waals surface area contributed by atoms with Crippen LogP contribution in [0.3, 0.4) is 0 Å². The summed E-state index contributed by atoms with van der Waals surface area (Å²) < 4.78 is 2.91. The Kier molecular flexibility index (Phi) is 6.17. The highest BCUT2D eigenvalue weighted by atomic mass is 16.3. The van der Waals surface area contributed by atoms with Crippen molar-refractivity contribution in [2.24, 2.45) is 0 Å². The minimum absolute atomic E-state index is 0.0844. The molecule has 0 bridgehead atoms. The van der Waals surface area contributed by atoms with Gasteiger partial charge in [0.15, 0.2) is 11.2 Å². The zero-order valence-corrected chi connectivity index (χ0v) is 19.6. The van der Waals surface area contributed by atoms with Crippen molar-refractivity contribution in [3.05, 3.63) is 82.9 Å². The fraction of sp³-hybridized carbons (Fsp3) is 0.346. The summed E-state index contributed by atoms with van der Waals surface area (Å²) in [7, 11) is 0. The Labute approximate surface area is 202 Å². The lowest BCUT2D eigenvalue weighted by atomic mass is 9.90. The molecule has 1 saturated heterocycles. The third-order valence-electron chi connectivity index (χ3n) is 6.79. The highest BCUT2D eigenvalue weighted by molar-refractivity contribution is 5.77. The zero-order chi connectivity index (χ0) is 24.4. The smallest absolute Gasteiger partial charge is 0.283 e. The standard InChI is InChI=1S/C26H28N6O3/c1-19(20-8-4-2-5-9-20)16-22(33)30-14-12-26(35,13-15-30)17-31-18-27-24-23(25(31)34)28-29-32(24)21-10-6-3-7-11-21/h2-11,18-19,35H,12-17H2,1H3/t19-/m1/s1. The summed E-state index contributed by atoms with van der Waals surface area (Å²) in [6, 6.07) is 19.4. The second-order valence-electron chi connectivity index (χ2n) is 9.31. The maximum absolute atomic E-state index is 13.0. The van der Waals surface area contributed by atoms with E-state index in [-0.39, 0.29) is 29.4 Å². The van der Waals surface area contributed by atoms with Gasteiger partial charge in [0.2, 0.25) is 5.91 Å². The second kappa shape index (κ2) is 9.42. The maximum Gasteiger partial charge on any atom is 0.283 e. The van der Waals surface area contributed by atoms with E-state index in [0.717, 1.165) is 11.3 Å². The van der Waals surface area contributed by atoms with Crippen LogP contribution >= 0.6 is 0 Å². The van der Waals surface area contributed by atoms with Gasteiger partial charge in [-0.05, 0) is 36.5 Å². The molecular formula is C26H28N6O3. The summed E-state index contributed by atoms with van der Waals surface area (Å²) in [5.41, 5.74) is 0.981. The van der Waals surface area contributed by atoms with Crippen LogP contribution in [-0.2, 0) is 11.3 Å². The first-order chi connectivity index (χ1) is 16.9. The first-order valence-corrected chi connectivity index (χ1v) is 11.8. The van der Waals surface area contributed by atoms with E-state index in [1.165, 1.54) is 15.6 Å². The second-order valence-corrected chi connectivity index (χ2v) is 9.31. The maximum atomic E-state index is 13.0. The van der Waals surface area contributed by atoms with Gasteiger partial charge < -0.3 is 10.0 Å². The molecule has 2 aromatic carbocycles. The number of carbonyl (C=O) groups excluding carboxylic acids is 1. The molecule has 1 N–H and O–H groups in total. The predicted octanol–water partition coefficient (Wildman–Crippen LogP) is 2.52. The average molecular weight is 473 g/mol. The summed E-state index contributed by atoms with van der Waals surface area (Å²) in [6.07, 6.45) is 2.64. The van der Waals surface area contributed by atoms with Crippen molar-refractivity contribution in [2.75, 3.05) is 13.1 Å². The minimum atomic E-state index is -1.10. The molecule has 0 aliphatic carbocycles. The number of rotatable bonds is 6. The number of fused-ring (bicyclic) bond motifs is 1. The van der Waals surface area contributed by atoms with Crippen molar-refractivity contribution in [3.8, 4) is 5.69 Å². The van der Waals surface area contributed by atoms with Crippen LogP contribution in [0.2, 0.25) is 0 Å². The quantitative estimate of drug-likeness (QED) is 0.462. The van der Waals surface area contributed by atoms with Gasteiger partial charge in [-0.2, -0.15) is 4.68 Å². The molecule has 1 atom stereocenters. The Morgan fingerprint density at radius 3 is 2.40 bits per heavy atom. The number of aromatic nitrogens is 5. The zero-order valence-electron chi connectivity index (χ0n) is 19.6. The molecule has 0 saturated carbocycles. The minimum Gasteiger partial charge on any atom is -0.388 e. The molecule has 0 spiro atoms. The molecule has 9 nitrogen and oxygen atoms in total. The molecule has 35 heavy (non-hydrogen) atoms. The van der Waals surface area contributed by atoms with Crippen LogP contribution in [0.25, 0.3) is 16.9 Å². The van der Waals surface area contributed by atoms with Crippen LogP contribution in [0, 0.1) is 0 Å². The van der Waals surface area contributed by atoms with Gasteiger partial charge in [0.05, 0.1) is 17.8 Å². The van der Waals surface area contributed by atoms with Gasteiger partial charge >= 0.3 is 0 Å². The van der Waals surface area contributed by atoms with Crippen LogP contribution in [0.5, 0.6) is 0 Å². The van der Waals surface area contributed by atoms with E-state index < -0.39 is 5.60 Å². The number of likely N-dealkylation sites (tertiary alicyclic amines) is 1. The monoisotopic (exact) mass is 472 g/mol. The van der Waals surface area contributed by atoms with Crippen LogP contribution in [0.4, 0.5) is 0 Å². The highest BCUT2D eigenvalue weighted by Gasteiger charge is 2.35. The number of benzene rings is 2. The Morgan fingerprint density at radius 2 is 1.71 bits per heavy atom. The summed E-state index contributed by atoms with van der Waals surface area (Å²) in [4.78, 5) is 32.1. The Morgan fingerprint density at radius 1 is 1.06 bits per heavy atom. The molecule has 1 aliphatic rings. The molecule has 1 aliphatic heterocycles. The van der Waals surface area contributed by atoms with Gasteiger partial charge in [-0.1, -0.05) is 60.7 Å². The lowest BCUT2D eigenvalue weighted by molar-refractivity contribution is -0.136. The molecular weight excluding hydrogens is 444 g/mol. The number of hydrogen-bond donors (Lipinski definition) is 1. The SMILES string of the molecule is C[C@H](CC(=O)N1CCC(O)(Cn2cnc3c(nnn3-c3ccccc3)c2=O)CC1)c1ccccc1. The third kappa shape index (κ3) is 4.72. The van der Waals surface area contributed by atoms with E-state index in [9.17, 15) is 14.7 Å². The van der Waals surface area contributed by atoms with E-state index in [4.69, 9.17) is 0 Å². The van der Waals surface area contributed by atoms with Crippen molar-refractivity contribution in [3.63, 3.8) is 0 Å².